The van der Waals surface area contributed by atoms with Crippen molar-refractivity contribution in [1.29, 1.82) is 0 Å². The monoisotopic (exact) mass is 553 g/mol. The summed E-state index contributed by atoms with van der Waals surface area (Å²) in [6.45, 7) is 4.17. The molecule has 2 aromatic carbocycles. The average molecular weight is 554 g/mol. The number of sulfonamides is 1. The molecule has 0 saturated heterocycles. The first kappa shape index (κ1) is 29.2. The van der Waals surface area contributed by atoms with Crippen LogP contribution in [0.25, 0.3) is 5.70 Å². The molecule has 1 aliphatic rings. The number of aliphatic hydroxyl groups is 1. The van der Waals surface area contributed by atoms with Crippen molar-refractivity contribution in [2.24, 2.45) is 5.92 Å². The lowest BCUT2D eigenvalue weighted by atomic mass is 9.98. The second kappa shape index (κ2) is 11.2. The third kappa shape index (κ3) is 6.18. The first-order chi connectivity index (χ1) is 17.6. The Morgan fingerprint density at radius 2 is 1.58 bits per heavy atom. The first-order valence-corrected chi connectivity index (χ1v) is 13.7. The van der Waals surface area contributed by atoms with Crippen molar-refractivity contribution in [1.82, 2.24) is 14.3 Å². The van der Waals surface area contributed by atoms with E-state index in [0.29, 0.717) is 10.6 Å². The fraction of sp³-hybridized carbons (Fsp3) is 0.385. The quantitative estimate of drug-likeness (QED) is 0.541. The van der Waals surface area contributed by atoms with E-state index in [1.165, 1.54) is 12.1 Å². The number of hydrazine groups is 1. The van der Waals surface area contributed by atoms with E-state index in [9.17, 15) is 36.3 Å². The molecule has 8 nitrogen and oxygen atoms in total. The lowest BCUT2D eigenvalue weighted by molar-refractivity contribution is -0.232. The number of nitrogens with zero attached hydrogens (tertiary/aromatic N) is 3. The van der Waals surface area contributed by atoms with Crippen LogP contribution >= 0.6 is 0 Å². The summed E-state index contributed by atoms with van der Waals surface area (Å²) < 4.78 is 68.1. The summed E-state index contributed by atoms with van der Waals surface area (Å²) in [6.07, 6.45) is -6.51. The SMILES string of the molecule is CC(=O)N(C(Cc1ccccc1)C(O)C(F)(F)F)N1C(=O)C(C(C)C)N(S(C)(=O)=O)C=C1c1ccccc1. The van der Waals surface area contributed by atoms with E-state index in [-0.39, 0.29) is 11.3 Å². The van der Waals surface area contributed by atoms with E-state index in [1.807, 2.05) is 0 Å². The molecule has 2 aromatic rings. The molecule has 0 bridgehead atoms. The van der Waals surface area contributed by atoms with E-state index in [2.05, 4.69) is 0 Å². The van der Waals surface area contributed by atoms with Gasteiger partial charge in [0, 0.05) is 18.7 Å². The van der Waals surface area contributed by atoms with Gasteiger partial charge in [-0.25, -0.2) is 18.4 Å². The summed E-state index contributed by atoms with van der Waals surface area (Å²) in [4.78, 5) is 27.1. The molecular formula is C26H30F3N3O5S. The van der Waals surface area contributed by atoms with Crippen LogP contribution in [0.3, 0.4) is 0 Å². The van der Waals surface area contributed by atoms with Gasteiger partial charge in [-0.3, -0.25) is 13.9 Å². The number of benzene rings is 2. The van der Waals surface area contributed by atoms with Gasteiger partial charge in [0.1, 0.15) is 6.04 Å². The predicted octanol–water partition coefficient (Wildman–Crippen LogP) is 3.41. The standard InChI is InChI=1S/C26H30F3N3O5S/c1-17(2)23-25(35)32(22(16-30(23)38(4,36)37)20-13-9-6-10-14-20)31(18(3)33)21(24(34)26(27,28)29)15-19-11-7-5-8-12-19/h5-14,16-17,21,23-24,34H,15H2,1-4H3. The fourth-order valence-corrected chi connectivity index (χ4v) is 5.48. The summed E-state index contributed by atoms with van der Waals surface area (Å²) in [5.74, 6) is -2.48. The van der Waals surface area contributed by atoms with Crippen molar-refractivity contribution in [3.05, 3.63) is 78.0 Å². The zero-order valence-electron chi connectivity index (χ0n) is 21.3. The summed E-state index contributed by atoms with van der Waals surface area (Å²) in [6, 6.07) is 12.6. The minimum atomic E-state index is -5.13. The number of hydrogen-bond acceptors (Lipinski definition) is 5. The van der Waals surface area contributed by atoms with Gasteiger partial charge in [-0.05, 0) is 17.9 Å². The maximum absolute atomic E-state index is 14.0. The Morgan fingerprint density at radius 1 is 1.05 bits per heavy atom. The predicted molar refractivity (Wildman–Crippen MR) is 135 cm³/mol. The topological polar surface area (TPSA) is 98.2 Å². The zero-order valence-corrected chi connectivity index (χ0v) is 22.1. The van der Waals surface area contributed by atoms with Gasteiger partial charge < -0.3 is 5.11 Å². The largest absolute Gasteiger partial charge is 0.416 e. The molecule has 12 heteroatoms. The van der Waals surface area contributed by atoms with Crippen molar-refractivity contribution >= 4 is 27.5 Å². The molecular weight excluding hydrogens is 523 g/mol. The Balaban J connectivity index is 2.30. The highest BCUT2D eigenvalue weighted by atomic mass is 32.2. The van der Waals surface area contributed by atoms with Crippen LogP contribution in [0.15, 0.2) is 66.9 Å². The molecule has 1 N–H and O–H groups in total. The number of hydrogen-bond donors (Lipinski definition) is 1. The second-order valence-electron chi connectivity index (χ2n) is 9.42. The third-order valence-electron chi connectivity index (χ3n) is 6.14. The smallest absolute Gasteiger partial charge is 0.382 e. The number of amides is 2. The van der Waals surface area contributed by atoms with Crippen LogP contribution in [0.2, 0.25) is 0 Å². The Hall–Kier alpha value is -3.38. The molecule has 0 aromatic heterocycles. The van der Waals surface area contributed by atoms with Crippen molar-refractivity contribution < 1.29 is 36.3 Å². The summed E-state index contributed by atoms with van der Waals surface area (Å²) >= 11 is 0. The number of carbonyl (C=O) groups is 2. The third-order valence-corrected chi connectivity index (χ3v) is 7.24. The zero-order chi connectivity index (χ0) is 28.4. The Labute approximate surface area is 220 Å². The van der Waals surface area contributed by atoms with Crippen LogP contribution in [0.1, 0.15) is 31.9 Å². The van der Waals surface area contributed by atoms with Crippen LogP contribution < -0.4 is 0 Å². The van der Waals surface area contributed by atoms with Gasteiger partial charge in [-0.2, -0.15) is 13.2 Å². The Morgan fingerprint density at radius 3 is 2.03 bits per heavy atom. The lowest BCUT2D eigenvalue weighted by Crippen LogP contribution is -2.65. The molecule has 0 spiro atoms. The van der Waals surface area contributed by atoms with Crippen LogP contribution in [-0.4, -0.2) is 70.3 Å². The summed E-state index contributed by atoms with van der Waals surface area (Å²) in [5, 5.41) is 11.9. The molecule has 3 atom stereocenters. The highest BCUT2D eigenvalue weighted by Crippen LogP contribution is 2.36. The average Bonchev–Trinajstić information content (AvgIpc) is 2.83. The summed E-state index contributed by atoms with van der Waals surface area (Å²) in [7, 11) is -4.00. The molecule has 0 saturated carbocycles. The molecule has 0 radical (unpaired) electrons. The normalized spacial score (nSPS) is 18.3. The van der Waals surface area contributed by atoms with Gasteiger partial charge >= 0.3 is 6.18 Å². The Bertz CT molecular complexity index is 1280. The van der Waals surface area contributed by atoms with Crippen LogP contribution in [0.5, 0.6) is 0 Å². The first-order valence-electron chi connectivity index (χ1n) is 11.8. The highest BCUT2D eigenvalue weighted by molar-refractivity contribution is 7.88. The maximum atomic E-state index is 14.0. The van der Waals surface area contributed by atoms with Gasteiger partial charge in [-0.1, -0.05) is 74.5 Å². The molecule has 0 aliphatic carbocycles. The fourth-order valence-electron chi connectivity index (χ4n) is 4.45. The lowest BCUT2D eigenvalue weighted by Gasteiger charge is -2.48. The number of alkyl halides is 3. The number of aliphatic hydroxyl groups excluding tert-OH is 1. The molecule has 0 fully saturated rings. The van der Waals surface area contributed by atoms with Crippen molar-refractivity contribution in [2.45, 2.75) is 51.6 Å². The molecule has 3 unspecified atom stereocenters. The highest BCUT2D eigenvalue weighted by Gasteiger charge is 2.51. The Kier molecular flexibility index (Phi) is 8.57. The van der Waals surface area contributed by atoms with E-state index in [0.717, 1.165) is 28.7 Å². The van der Waals surface area contributed by atoms with Crippen LogP contribution in [0, 0.1) is 5.92 Å². The molecule has 38 heavy (non-hydrogen) atoms. The number of rotatable bonds is 8. The van der Waals surface area contributed by atoms with Crippen molar-refractivity contribution in [2.75, 3.05) is 6.26 Å². The van der Waals surface area contributed by atoms with Crippen LogP contribution in [-0.2, 0) is 26.0 Å². The van der Waals surface area contributed by atoms with Crippen molar-refractivity contribution in [3.8, 4) is 0 Å². The van der Waals surface area contributed by atoms with Gasteiger partial charge in [-0.15, -0.1) is 0 Å². The van der Waals surface area contributed by atoms with Crippen LogP contribution in [0.4, 0.5) is 13.2 Å². The summed E-state index contributed by atoms with van der Waals surface area (Å²) in [5.41, 5.74) is 0.545. The van der Waals surface area contributed by atoms with E-state index < -0.39 is 58.5 Å². The minimum Gasteiger partial charge on any atom is -0.382 e. The minimum absolute atomic E-state index is 0.124. The molecule has 2 amide bonds. The van der Waals surface area contributed by atoms with E-state index >= 15 is 0 Å². The molecule has 206 valence electrons. The van der Waals surface area contributed by atoms with Crippen molar-refractivity contribution in [3.63, 3.8) is 0 Å². The van der Waals surface area contributed by atoms with E-state index in [4.69, 9.17) is 0 Å². The molecule has 3 rings (SSSR count). The second-order valence-corrected chi connectivity index (χ2v) is 11.3. The number of carbonyl (C=O) groups excluding carboxylic acids is 2. The van der Waals surface area contributed by atoms with Gasteiger partial charge in [0.2, 0.25) is 15.9 Å². The van der Waals surface area contributed by atoms with Gasteiger partial charge in [0.05, 0.1) is 18.0 Å². The molecule has 1 heterocycles. The van der Waals surface area contributed by atoms with Gasteiger partial charge in [0.25, 0.3) is 5.91 Å². The van der Waals surface area contributed by atoms with E-state index in [1.54, 1.807) is 62.4 Å². The maximum Gasteiger partial charge on any atom is 0.416 e. The number of halogens is 3. The molecule has 1 aliphatic heterocycles. The van der Waals surface area contributed by atoms with Gasteiger partial charge in [0.15, 0.2) is 6.10 Å².